The van der Waals surface area contributed by atoms with Crippen LogP contribution in [0.4, 0.5) is 0 Å². The van der Waals surface area contributed by atoms with Gasteiger partial charge in [-0.05, 0) is 75.8 Å². The minimum Gasteiger partial charge on any atom is -0.294 e. The first-order valence-electron chi connectivity index (χ1n) is 18.9. The van der Waals surface area contributed by atoms with Crippen molar-refractivity contribution in [3.63, 3.8) is 0 Å². The van der Waals surface area contributed by atoms with Crippen LogP contribution in [0.2, 0.25) is 0 Å². The van der Waals surface area contributed by atoms with Crippen molar-refractivity contribution < 1.29 is 0 Å². The van der Waals surface area contributed by atoms with Gasteiger partial charge in [0, 0.05) is 42.4 Å². The lowest BCUT2D eigenvalue weighted by Crippen LogP contribution is -1.99. The van der Waals surface area contributed by atoms with E-state index in [4.69, 9.17) is 9.97 Å². The third-order valence-corrected chi connectivity index (χ3v) is 12.0. The Morgan fingerprint density at radius 1 is 0.375 bits per heavy atom. The van der Waals surface area contributed by atoms with Gasteiger partial charge in [-0.1, -0.05) is 158 Å². The van der Waals surface area contributed by atoms with E-state index in [1.54, 1.807) is 0 Å². The summed E-state index contributed by atoms with van der Waals surface area (Å²) in [4.78, 5) is 11.0. The Labute approximate surface area is 328 Å². The average Bonchev–Trinajstić information content (AvgIpc) is 3.83. The summed E-state index contributed by atoms with van der Waals surface area (Å²) in [5.41, 5.74) is 13.2. The van der Waals surface area contributed by atoms with Crippen molar-refractivity contribution in [2.45, 2.75) is 0 Å². The van der Waals surface area contributed by atoms with Crippen molar-refractivity contribution in [3.05, 3.63) is 200 Å². The van der Waals surface area contributed by atoms with E-state index in [1.165, 1.54) is 42.4 Å². The summed E-state index contributed by atoms with van der Waals surface area (Å²) in [5, 5.41) is 4.59. The van der Waals surface area contributed by atoms with Crippen LogP contribution in [0.3, 0.4) is 0 Å². The topological polar surface area (TPSA) is 30.7 Å². The molecule has 0 N–H and O–H groups in total. The van der Waals surface area contributed by atoms with Gasteiger partial charge >= 0.3 is 0 Å². The fourth-order valence-electron chi connectivity index (χ4n) is 8.19. The fourth-order valence-corrected chi connectivity index (χ4v) is 9.32. The molecule has 0 radical (unpaired) electrons. The van der Waals surface area contributed by atoms with Gasteiger partial charge in [0.25, 0.3) is 0 Å². The monoisotopic (exact) mass is 731 g/mol. The molecule has 0 fully saturated rings. The number of para-hydroxylation sites is 2. The number of hydrogen-bond donors (Lipinski definition) is 0. The maximum atomic E-state index is 5.55. The van der Waals surface area contributed by atoms with Crippen molar-refractivity contribution in [1.29, 1.82) is 0 Å². The summed E-state index contributed by atoms with van der Waals surface area (Å²) in [5.74, 6) is 0.716. The van der Waals surface area contributed by atoms with Gasteiger partial charge < -0.3 is 0 Å². The Hall–Kier alpha value is -7.14. The predicted octanol–water partition coefficient (Wildman–Crippen LogP) is 14.3. The van der Waals surface area contributed by atoms with Crippen LogP contribution in [0, 0.1) is 0 Å². The Kier molecular flexibility index (Phi) is 7.68. The van der Waals surface area contributed by atoms with Gasteiger partial charge in [-0.15, -0.1) is 11.3 Å². The molecule has 0 unspecified atom stereocenters. The van der Waals surface area contributed by atoms with Crippen molar-refractivity contribution in [2.75, 3.05) is 0 Å². The van der Waals surface area contributed by atoms with Gasteiger partial charge in [0.15, 0.2) is 5.82 Å². The lowest BCUT2D eigenvalue weighted by Gasteiger charge is -2.12. The quantitative estimate of drug-likeness (QED) is 0.170. The molecular formula is C52H33N3S. The highest BCUT2D eigenvalue weighted by Crippen LogP contribution is 2.43. The Bertz CT molecular complexity index is 3230. The lowest BCUT2D eigenvalue weighted by atomic mass is 9.95. The molecule has 0 amide bonds. The molecule has 56 heavy (non-hydrogen) atoms. The molecule has 0 aliphatic rings. The second-order valence-corrected chi connectivity index (χ2v) is 15.2. The van der Waals surface area contributed by atoms with Crippen LogP contribution in [0.5, 0.6) is 0 Å². The van der Waals surface area contributed by atoms with Crippen molar-refractivity contribution in [1.82, 2.24) is 14.5 Å². The molecule has 11 aromatic rings. The second kappa shape index (κ2) is 13.3. The molecule has 0 atom stereocenters. The number of nitrogens with zero attached hydrogens (tertiary/aromatic N) is 3. The van der Waals surface area contributed by atoms with Gasteiger partial charge in [0.1, 0.15) is 5.65 Å². The largest absolute Gasteiger partial charge is 0.294 e. The van der Waals surface area contributed by atoms with Gasteiger partial charge in [-0.25, -0.2) is 9.97 Å². The number of fused-ring (bicyclic) bond motifs is 6. The van der Waals surface area contributed by atoms with Gasteiger partial charge in [-0.3, -0.25) is 4.57 Å². The molecule has 0 bridgehead atoms. The highest BCUT2D eigenvalue weighted by atomic mass is 32.1. The summed E-state index contributed by atoms with van der Waals surface area (Å²) in [6, 6.07) is 71.4. The third kappa shape index (κ3) is 5.42. The minimum absolute atomic E-state index is 0.716. The molecule has 3 heterocycles. The molecule has 3 nitrogen and oxygen atoms in total. The van der Waals surface area contributed by atoms with E-state index in [0.717, 1.165) is 55.6 Å². The standard InChI is InChI=1S/C52H33N3S/c1-3-14-34(15-4-1)35-28-30-36(31-29-35)37-16-11-17-38(32-37)39-18-12-19-40(33-39)50-49-42-22-7-9-25-45(42)55(41-20-5-2-6-21-41)52(49)54-51(53-50)44-24-13-27-47-48(44)43-23-8-10-26-46(43)56-47/h1-33H. The molecule has 0 saturated carbocycles. The first kappa shape index (κ1) is 32.3. The van der Waals surface area contributed by atoms with E-state index in [9.17, 15) is 0 Å². The second-order valence-electron chi connectivity index (χ2n) is 14.2. The number of rotatable bonds is 6. The van der Waals surface area contributed by atoms with Crippen LogP contribution in [-0.2, 0) is 0 Å². The maximum Gasteiger partial charge on any atom is 0.162 e. The Morgan fingerprint density at radius 3 is 1.68 bits per heavy atom. The predicted molar refractivity (Wildman–Crippen MR) is 236 cm³/mol. The first-order valence-corrected chi connectivity index (χ1v) is 19.7. The summed E-state index contributed by atoms with van der Waals surface area (Å²) in [7, 11) is 0. The molecule has 11 rings (SSSR count). The highest BCUT2D eigenvalue weighted by Gasteiger charge is 2.22. The van der Waals surface area contributed by atoms with E-state index in [0.29, 0.717) is 5.82 Å². The number of hydrogen-bond acceptors (Lipinski definition) is 3. The van der Waals surface area contributed by atoms with Crippen molar-refractivity contribution >= 4 is 53.4 Å². The molecule has 0 saturated heterocycles. The average molecular weight is 732 g/mol. The summed E-state index contributed by atoms with van der Waals surface area (Å²) in [6.45, 7) is 0. The van der Waals surface area contributed by atoms with Crippen LogP contribution in [0.1, 0.15) is 0 Å². The zero-order valence-corrected chi connectivity index (χ0v) is 31.1. The normalized spacial score (nSPS) is 11.6. The van der Waals surface area contributed by atoms with E-state index in [-0.39, 0.29) is 0 Å². The smallest absolute Gasteiger partial charge is 0.162 e. The summed E-state index contributed by atoms with van der Waals surface area (Å²) >= 11 is 1.82. The molecule has 0 spiro atoms. The van der Waals surface area contributed by atoms with Crippen LogP contribution in [0.15, 0.2) is 200 Å². The van der Waals surface area contributed by atoms with E-state index in [1.807, 2.05) is 11.3 Å². The number of aromatic nitrogens is 3. The highest BCUT2D eigenvalue weighted by molar-refractivity contribution is 7.25. The number of benzene rings is 8. The zero-order valence-electron chi connectivity index (χ0n) is 30.3. The molecule has 3 aromatic heterocycles. The van der Waals surface area contributed by atoms with Crippen molar-refractivity contribution in [2.24, 2.45) is 0 Å². The molecular weight excluding hydrogens is 699 g/mol. The van der Waals surface area contributed by atoms with E-state index >= 15 is 0 Å². The van der Waals surface area contributed by atoms with Crippen LogP contribution in [0.25, 0.3) is 104 Å². The van der Waals surface area contributed by atoms with Gasteiger partial charge in [0.2, 0.25) is 0 Å². The lowest BCUT2D eigenvalue weighted by molar-refractivity contribution is 1.12. The van der Waals surface area contributed by atoms with E-state index < -0.39 is 0 Å². The van der Waals surface area contributed by atoms with Crippen LogP contribution >= 0.6 is 11.3 Å². The third-order valence-electron chi connectivity index (χ3n) is 10.8. The fraction of sp³-hybridized carbons (Fsp3) is 0. The molecule has 4 heteroatoms. The van der Waals surface area contributed by atoms with Gasteiger partial charge in [0.05, 0.1) is 16.6 Å². The maximum absolute atomic E-state index is 5.55. The van der Waals surface area contributed by atoms with E-state index in [2.05, 4.69) is 205 Å². The zero-order chi connectivity index (χ0) is 37.0. The summed E-state index contributed by atoms with van der Waals surface area (Å²) < 4.78 is 4.78. The Balaban J connectivity index is 1.11. The van der Waals surface area contributed by atoms with Crippen molar-refractivity contribution in [3.8, 4) is 61.7 Å². The summed E-state index contributed by atoms with van der Waals surface area (Å²) in [6.07, 6.45) is 0. The molecule has 262 valence electrons. The van der Waals surface area contributed by atoms with Crippen LogP contribution < -0.4 is 0 Å². The van der Waals surface area contributed by atoms with Gasteiger partial charge in [-0.2, -0.15) is 0 Å². The number of thiophene rings is 1. The van der Waals surface area contributed by atoms with Crippen LogP contribution in [-0.4, -0.2) is 14.5 Å². The molecule has 8 aromatic carbocycles. The molecule has 0 aliphatic heterocycles. The first-order chi connectivity index (χ1) is 27.8. The Morgan fingerprint density at radius 2 is 0.911 bits per heavy atom. The SMILES string of the molecule is c1ccc(-c2ccc(-c3cccc(-c4cccc(-c5nc(-c6cccc7sc8ccccc8c67)nc6c5c5ccccc5n6-c5ccccc5)c4)c3)cc2)cc1. The molecule has 0 aliphatic carbocycles. The minimum atomic E-state index is 0.716.